The van der Waals surface area contributed by atoms with Crippen molar-refractivity contribution in [2.24, 2.45) is 0 Å². The molecule has 1 aromatic heterocycles. The summed E-state index contributed by atoms with van der Waals surface area (Å²) in [5.74, 6) is 0.170. The molecule has 0 saturated heterocycles. The Labute approximate surface area is 178 Å². The fourth-order valence-corrected chi connectivity index (χ4v) is 3.68. The van der Waals surface area contributed by atoms with E-state index in [9.17, 15) is 4.79 Å². The van der Waals surface area contributed by atoms with Crippen molar-refractivity contribution < 1.29 is 4.79 Å². The fraction of sp³-hybridized carbons (Fsp3) is 0.143. The third kappa shape index (κ3) is 5.47. The highest BCUT2D eigenvalue weighted by Gasteiger charge is 2.16. The van der Waals surface area contributed by atoms with Crippen molar-refractivity contribution in [3.8, 4) is 11.8 Å². The van der Waals surface area contributed by atoms with Gasteiger partial charge in [-0.1, -0.05) is 47.6 Å². The molecule has 1 heterocycles. The van der Waals surface area contributed by atoms with E-state index in [1.165, 1.54) is 11.8 Å². The number of aromatic nitrogens is 3. The second kappa shape index (κ2) is 9.92. The molecular weight excluding hydrogens is 406 g/mol. The third-order valence-corrected chi connectivity index (χ3v) is 5.25. The molecule has 0 fully saturated rings. The van der Waals surface area contributed by atoms with Crippen LogP contribution in [0.5, 0.6) is 0 Å². The summed E-state index contributed by atoms with van der Waals surface area (Å²) in [7, 11) is 0. The first-order chi connectivity index (χ1) is 14.1. The zero-order chi connectivity index (χ0) is 20.6. The van der Waals surface area contributed by atoms with Crippen LogP contribution in [0.25, 0.3) is 5.69 Å². The molecule has 8 heteroatoms. The van der Waals surface area contributed by atoms with Crippen LogP contribution in [-0.2, 0) is 11.3 Å². The Bertz CT molecular complexity index is 1040. The van der Waals surface area contributed by atoms with Crippen LogP contribution in [0.2, 0.25) is 5.02 Å². The summed E-state index contributed by atoms with van der Waals surface area (Å²) in [6.45, 7) is 4.61. The number of thioether (sulfide) groups is 1. The van der Waals surface area contributed by atoms with Crippen molar-refractivity contribution in [1.82, 2.24) is 19.7 Å². The Balaban J connectivity index is 1.67. The molecule has 0 bridgehead atoms. The van der Waals surface area contributed by atoms with Gasteiger partial charge in [0.1, 0.15) is 6.33 Å². The molecule has 0 atom stereocenters. The van der Waals surface area contributed by atoms with Crippen LogP contribution in [0, 0.1) is 11.3 Å². The van der Waals surface area contributed by atoms with Gasteiger partial charge in [0.2, 0.25) is 5.91 Å². The number of hydrogen-bond donors (Lipinski definition) is 0. The number of nitriles is 1. The molecule has 0 saturated carbocycles. The van der Waals surface area contributed by atoms with Crippen LogP contribution >= 0.6 is 23.4 Å². The zero-order valence-corrected chi connectivity index (χ0v) is 17.1. The number of halogens is 1. The van der Waals surface area contributed by atoms with Crippen LogP contribution in [-0.4, -0.2) is 37.9 Å². The topological polar surface area (TPSA) is 74.8 Å². The number of carbonyl (C=O) groups excluding carboxylic acids is 1. The van der Waals surface area contributed by atoms with Gasteiger partial charge >= 0.3 is 0 Å². The van der Waals surface area contributed by atoms with E-state index in [0.29, 0.717) is 28.8 Å². The minimum Gasteiger partial charge on any atom is -0.334 e. The van der Waals surface area contributed by atoms with E-state index < -0.39 is 0 Å². The van der Waals surface area contributed by atoms with Gasteiger partial charge in [-0.15, -0.1) is 16.8 Å². The van der Waals surface area contributed by atoms with Gasteiger partial charge in [0.05, 0.1) is 23.1 Å². The molecule has 0 aliphatic carbocycles. The highest BCUT2D eigenvalue weighted by molar-refractivity contribution is 7.99. The number of nitrogens with zero attached hydrogens (tertiary/aromatic N) is 5. The van der Waals surface area contributed by atoms with Crippen molar-refractivity contribution >= 4 is 29.3 Å². The van der Waals surface area contributed by atoms with Crippen LogP contribution < -0.4 is 0 Å². The van der Waals surface area contributed by atoms with E-state index in [4.69, 9.17) is 16.9 Å². The highest BCUT2D eigenvalue weighted by Crippen LogP contribution is 2.22. The van der Waals surface area contributed by atoms with E-state index in [1.54, 1.807) is 40.1 Å². The third-order valence-electron chi connectivity index (χ3n) is 4.09. The molecule has 2 aromatic carbocycles. The molecule has 3 aromatic rings. The molecule has 0 aliphatic heterocycles. The largest absolute Gasteiger partial charge is 0.334 e. The Morgan fingerprint density at radius 2 is 2.10 bits per heavy atom. The van der Waals surface area contributed by atoms with Crippen LogP contribution in [0.3, 0.4) is 0 Å². The predicted octanol–water partition coefficient (Wildman–Crippen LogP) is 4.10. The summed E-state index contributed by atoms with van der Waals surface area (Å²) in [5, 5.41) is 18.2. The monoisotopic (exact) mass is 423 g/mol. The Hall–Kier alpha value is -3.08. The molecule has 0 N–H and O–H groups in total. The standard InChI is InChI=1S/C21H18ClN5OS/c1-2-10-26(13-17-8-6-16(12-23)7-9-17)20(28)14-29-21-25-24-15-27(21)19-5-3-4-18(22)11-19/h2-9,11,15H,1,10,13-14H2. The van der Waals surface area contributed by atoms with Crippen molar-refractivity contribution in [1.29, 1.82) is 5.26 Å². The number of benzene rings is 2. The molecular formula is C21H18ClN5OS. The molecule has 1 amide bonds. The maximum atomic E-state index is 12.8. The summed E-state index contributed by atoms with van der Waals surface area (Å²) in [5.41, 5.74) is 2.37. The number of hydrogen-bond acceptors (Lipinski definition) is 5. The molecule has 0 aliphatic rings. The van der Waals surface area contributed by atoms with Gasteiger partial charge in [0, 0.05) is 18.1 Å². The smallest absolute Gasteiger partial charge is 0.233 e. The van der Waals surface area contributed by atoms with Gasteiger partial charge < -0.3 is 4.90 Å². The lowest BCUT2D eigenvalue weighted by Gasteiger charge is -2.21. The molecule has 6 nitrogen and oxygen atoms in total. The number of carbonyl (C=O) groups is 1. The normalized spacial score (nSPS) is 10.3. The minimum absolute atomic E-state index is 0.0418. The maximum absolute atomic E-state index is 12.8. The van der Waals surface area contributed by atoms with Crippen molar-refractivity contribution in [2.75, 3.05) is 12.3 Å². The van der Waals surface area contributed by atoms with E-state index in [1.807, 2.05) is 30.3 Å². The molecule has 0 spiro atoms. The van der Waals surface area contributed by atoms with Gasteiger partial charge in [-0.2, -0.15) is 5.26 Å². The zero-order valence-electron chi connectivity index (χ0n) is 15.5. The van der Waals surface area contributed by atoms with E-state index in [2.05, 4.69) is 22.8 Å². The average Bonchev–Trinajstić information content (AvgIpc) is 3.21. The molecule has 29 heavy (non-hydrogen) atoms. The summed E-state index contributed by atoms with van der Waals surface area (Å²) < 4.78 is 1.79. The lowest BCUT2D eigenvalue weighted by molar-refractivity contribution is -0.128. The van der Waals surface area contributed by atoms with Gasteiger partial charge in [-0.25, -0.2) is 0 Å². The van der Waals surface area contributed by atoms with E-state index >= 15 is 0 Å². The second-order valence-electron chi connectivity index (χ2n) is 6.12. The van der Waals surface area contributed by atoms with Crippen molar-refractivity contribution in [2.45, 2.75) is 11.7 Å². The average molecular weight is 424 g/mol. The summed E-state index contributed by atoms with van der Waals surface area (Å²) in [6.07, 6.45) is 3.29. The van der Waals surface area contributed by atoms with Crippen LogP contribution in [0.4, 0.5) is 0 Å². The fourth-order valence-electron chi connectivity index (χ4n) is 2.66. The summed E-state index contributed by atoms with van der Waals surface area (Å²) in [4.78, 5) is 14.5. The molecule has 0 radical (unpaired) electrons. The number of amides is 1. The van der Waals surface area contributed by atoms with Crippen LogP contribution in [0.15, 0.2) is 72.7 Å². The predicted molar refractivity (Wildman–Crippen MR) is 114 cm³/mol. The SMILES string of the molecule is C=CCN(Cc1ccc(C#N)cc1)C(=O)CSc1nncn1-c1cccc(Cl)c1. The van der Waals surface area contributed by atoms with Gasteiger partial charge in [-0.3, -0.25) is 9.36 Å². The lowest BCUT2D eigenvalue weighted by atomic mass is 10.1. The van der Waals surface area contributed by atoms with Crippen molar-refractivity contribution in [3.05, 3.63) is 83.7 Å². The summed E-state index contributed by atoms with van der Waals surface area (Å²) in [6, 6.07) is 16.6. The van der Waals surface area contributed by atoms with Gasteiger partial charge in [0.15, 0.2) is 5.16 Å². The minimum atomic E-state index is -0.0418. The first kappa shape index (κ1) is 20.6. The summed E-state index contributed by atoms with van der Waals surface area (Å²) >= 11 is 7.38. The second-order valence-corrected chi connectivity index (χ2v) is 7.50. The van der Waals surface area contributed by atoms with Crippen LogP contribution in [0.1, 0.15) is 11.1 Å². The van der Waals surface area contributed by atoms with E-state index in [-0.39, 0.29) is 11.7 Å². The first-order valence-corrected chi connectivity index (χ1v) is 10.1. The molecule has 146 valence electrons. The lowest BCUT2D eigenvalue weighted by Crippen LogP contribution is -2.32. The maximum Gasteiger partial charge on any atom is 0.233 e. The number of rotatable bonds is 8. The molecule has 3 rings (SSSR count). The quantitative estimate of drug-likeness (QED) is 0.402. The Kier molecular flexibility index (Phi) is 7.06. The molecule has 0 unspecified atom stereocenters. The Morgan fingerprint density at radius 1 is 1.31 bits per heavy atom. The van der Waals surface area contributed by atoms with Gasteiger partial charge in [0.25, 0.3) is 0 Å². The van der Waals surface area contributed by atoms with Gasteiger partial charge in [-0.05, 0) is 35.9 Å². The highest BCUT2D eigenvalue weighted by atomic mass is 35.5. The first-order valence-electron chi connectivity index (χ1n) is 8.77. The van der Waals surface area contributed by atoms with Crippen molar-refractivity contribution in [3.63, 3.8) is 0 Å². The Morgan fingerprint density at radius 3 is 2.79 bits per heavy atom. The van der Waals surface area contributed by atoms with E-state index in [0.717, 1.165) is 11.3 Å².